The van der Waals surface area contributed by atoms with E-state index in [2.05, 4.69) is 14.3 Å². The highest BCUT2D eigenvalue weighted by molar-refractivity contribution is 7.07. The summed E-state index contributed by atoms with van der Waals surface area (Å²) in [4.78, 5) is 20.4. The molecular weight excluding hydrogens is 258 g/mol. The van der Waals surface area contributed by atoms with Gasteiger partial charge in [0, 0.05) is 11.3 Å². The van der Waals surface area contributed by atoms with Crippen molar-refractivity contribution in [3.63, 3.8) is 0 Å². The first-order valence-corrected chi connectivity index (χ1v) is 6.90. The summed E-state index contributed by atoms with van der Waals surface area (Å²) >= 11 is 1.40. The molecule has 0 aliphatic carbocycles. The first-order chi connectivity index (χ1) is 9.24. The van der Waals surface area contributed by atoms with Crippen LogP contribution in [0, 0.1) is 6.92 Å². The summed E-state index contributed by atoms with van der Waals surface area (Å²) in [7, 11) is 0. The van der Waals surface area contributed by atoms with Crippen LogP contribution in [0.5, 0.6) is 0 Å². The van der Waals surface area contributed by atoms with Crippen LogP contribution in [0.1, 0.15) is 27.5 Å². The van der Waals surface area contributed by atoms with Crippen LogP contribution in [-0.4, -0.2) is 20.1 Å². The summed E-state index contributed by atoms with van der Waals surface area (Å²) in [6, 6.07) is 9.99. The number of benzene rings is 1. The lowest BCUT2D eigenvalue weighted by molar-refractivity contribution is 0.0974. The summed E-state index contributed by atoms with van der Waals surface area (Å²) in [6.07, 6.45) is 1.20. The minimum Gasteiger partial charge on any atom is -0.333 e. The first kappa shape index (κ1) is 12.0. The molecule has 3 aromatic rings. The van der Waals surface area contributed by atoms with Crippen molar-refractivity contribution in [3.05, 3.63) is 46.6 Å². The van der Waals surface area contributed by atoms with E-state index in [1.54, 1.807) is 0 Å². The molecule has 2 aromatic heterocycles. The fraction of sp³-hybridized carbons (Fsp3) is 0.214. The number of rotatable bonds is 4. The molecule has 2 heterocycles. The van der Waals surface area contributed by atoms with Crippen molar-refractivity contribution in [2.45, 2.75) is 19.8 Å². The number of carbonyl (C=O) groups is 1. The van der Waals surface area contributed by atoms with Crippen molar-refractivity contribution in [3.8, 4) is 0 Å². The van der Waals surface area contributed by atoms with Crippen LogP contribution in [0.25, 0.3) is 11.2 Å². The molecule has 0 aliphatic heterocycles. The second-order valence-corrected chi connectivity index (χ2v) is 5.41. The van der Waals surface area contributed by atoms with Crippen molar-refractivity contribution in [1.82, 2.24) is 14.3 Å². The van der Waals surface area contributed by atoms with E-state index in [0.717, 1.165) is 22.4 Å². The zero-order valence-corrected chi connectivity index (χ0v) is 11.3. The van der Waals surface area contributed by atoms with E-state index in [4.69, 9.17) is 0 Å². The lowest BCUT2D eigenvalue weighted by atomic mass is 10.1. The molecule has 4 nitrogen and oxygen atoms in total. The lowest BCUT2D eigenvalue weighted by Crippen LogP contribution is -2.03. The molecule has 0 aliphatic rings. The Morgan fingerprint density at radius 1 is 1.32 bits per heavy atom. The number of aromatic nitrogens is 3. The molecule has 96 valence electrons. The SMILES string of the molecule is Cc1snc2nc(C(=O)CCc3ccccc3)[nH]c12. The van der Waals surface area contributed by atoms with E-state index in [0.29, 0.717) is 17.9 Å². The summed E-state index contributed by atoms with van der Waals surface area (Å²) in [6.45, 7) is 1.97. The van der Waals surface area contributed by atoms with Gasteiger partial charge in [0.25, 0.3) is 0 Å². The van der Waals surface area contributed by atoms with Crippen molar-refractivity contribution in [1.29, 1.82) is 0 Å². The third-order valence-corrected chi connectivity index (χ3v) is 3.80. The van der Waals surface area contributed by atoms with Gasteiger partial charge in [-0.1, -0.05) is 30.3 Å². The number of ketones is 1. The maximum atomic E-state index is 12.1. The van der Waals surface area contributed by atoms with E-state index in [9.17, 15) is 4.79 Å². The smallest absolute Gasteiger partial charge is 0.198 e. The lowest BCUT2D eigenvalue weighted by Gasteiger charge is -1.98. The van der Waals surface area contributed by atoms with Gasteiger partial charge in [-0.25, -0.2) is 4.98 Å². The van der Waals surface area contributed by atoms with E-state index in [-0.39, 0.29) is 5.78 Å². The van der Waals surface area contributed by atoms with Crippen LogP contribution in [0.3, 0.4) is 0 Å². The van der Waals surface area contributed by atoms with Crippen LogP contribution in [0.15, 0.2) is 30.3 Å². The summed E-state index contributed by atoms with van der Waals surface area (Å²) in [5.74, 6) is 0.454. The second-order valence-electron chi connectivity index (χ2n) is 4.43. The first-order valence-electron chi connectivity index (χ1n) is 6.13. The monoisotopic (exact) mass is 271 g/mol. The number of aryl methyl sites for hydroxylation is 2. The normalized spacial score (nSPS) is 11.0. The predicted octanol–water partition coefficient (Wildman–Crippen LogP) is 3.14. The Morgan fingerprint density at radius 3 is 2.84 bits per heavy atom. The number of carbonyl (C=O) groups excluding carboxylic acids is 1. The maximum Gasteiger partial charge on any atom is 0.198 e. The third-order valence-electron chi connectivity index (χ3n) is 3.05. The van der Waals surface area contributed by atoms with E-state index < -0.39 is 0 Å². The fourth-order valence-corrected chi connectivity index (χ4v) is 2.58. The van der Waals surface area contributed by atoms with E-state index in [1.165, 1.54) is 11.5 Å². The zero-order chi connectivity index (χ0) is 13.2. The topological polar surface area (TPSA) is 58.6 Å². The van der Waals surface area contributed by atoms with E-state index >= 15 is 0 Å². The third kappa shape index (κ3) is 2.42. The number of hydrogen-bond acceptors (Lipinski definition) is 4. The largest absolute Gasteiger partial charge is 0.333 e. The highest BCUT2D eigenvalue weighted by Crippen LogP contribution is 2.19. The van der Waals surface area contributed by atoms with Crippen molar-refractivity contribution in [2.75, 3.05) is 0 Å². The van der Waals surface area contributed by atoms with Crippen LogP contribution in [0.4, 0.5) is 0 Å². The van der Waals surface area contributed by atoms with Crippen LogP contribution >= 0.6 is 11.5 Å². The highest BCUT2D eigenvalue weighted by Gasteiger charge is 2.14. The van der Waals surface area contributed by atoms with Gasteiger partial charge in [-0.05, 0) is 30.4 Å². The molecule has 0 atom stereocenters. The van der Waals surface area contributed by atoms with Crippen LogP contribution < -0.4 is 0 Å². The molecule has 3 rings (SSSR count). The number of nitrogens with zero attached hydrogens (tertiary/aromatic N) is 2. The Kier molecular flexibility index (Phi) is 3.13. The van der Waals surface area contributed by atoms with Gasteiger partial charge in [-0.3, -0.25) is 4.79 Å². The fourth-order valence-electron chi connectivity index (χ4n) is 1.99. The maximum absolute atomic E-state index is 12.1. The van der Waals surface area contributed by atoms with Crippen LogP contribution in [-0.2, 0) is 6.42 Å². The zero-order valence-electron chi connectivity index (χ0n) is 10.5. The molecule has 0 amide bonds. The number of H-pyrrole nitrogens is 1. The van der Waals surface area contributed by atoms with Crippen LogP contribution in [0.2, 0.25) is 0 Å². The molecular formula is C14H13N3OS. The van der Waals surface area contributed by atoms with E-state index in [1.807, 2.05) is 37.3 Å². The van der Waals surface area contributed by atoms with Gasteiger partial charge in [0.15, 0.2) is 17.3 Å². The Morgan fingerprint density at radius 2 is 2.11 bits per heavy atom. The highest BCUT2D eigenvalue weighted by atomic mass is 32.1. The number of hydrogen-bond donors (Lipinski definition) is 1. The standard InChI is InChI=1S/C14H13N3OS/c1-9-12-14(17-19-9)16-13(15-12)11(18)8-7-10-5-3-2-4-6-10/h2-6H,7-8H2,1H3,(H,15,16,17). The molecule has 1 aromatic carbocycles. The molecule has 0 radical (unpaired) electrons. The number of fused-ring (bicyclic) bond motifs is 1. The van der Waals surface area contributed by atoms with Gasteiger partial charge < -0.3 is 4.98 Å². The van der Waals surface area contributed by atoms with Crippen molar-refractivity contribution in [2.24, 2.45) is 0 Å². The Balaban J connectivity index is 1.73. The van der Waals surface area contributed by atoms with Gasteiger partial charge in [-0.15, -0.1) is 0 Å². The summed E-state index contributed by atoms with van der Waals surface area (Å²) in [5.41, 5.74) is 2.69. The molecule has 19 heavy (non-hydrogen) atoms. The minimum absolute atomic E-state index is 0.0336. The Hall–Kier alpha value is -2.01. The minimum atomic E-state index is 0.0336. The number of aromatic amines is 1. The Bertz CT molecular complexity index is 715. The van der Waals surface area contributed by atoms with Gasteiger partial charge in [-0.2, -0.15) is 4.37 Å². The molecule has 0 unspecified atom stereocenters. The quantitative estimate of drug-likeness (QED) is 0.742. The number of Topliss-reactive ketones (excluding diaryl/α,β-unsaturated/α-hetero) is 1. The molecule has 0 spiro atoms. The molecule has 1 N–H and O–H groups in total. The average molecular weight is 271 g/mol. The summed E-state index contributed by atoms with van der Waals surface area (Å²) < 4.78 is 4.19. The van der Waals surface area contributed by atoms with Crippen molar-refractivity contribution >= 4 is 28.5 Å². The van der Waals surface area contributed by atoms with Gasteiger partial charge >= 0.3 is 0 Å². The number of nitrogens with one attached hydrogen (secondary N) is 1. The molecule has 5 heteroatoms. The van der Waals surface area contributed by atoms with Gasteiger partial charge in [0.05, 0.1) is 0 Å². The molecule has 0 fully saturated rings. The van der Waals surface area contributed by atoms with Gasteiger partial charge in [0.2, 0.25) is 0 Å². The summed E-state index contributed by atoms with van der Waals surface area (Å²) in [5, 5.41) is 0. The molecule has 0 bridgehead atoms. The van der Waals surface area contributed by atoms with Gasteiger partial charge in [0.1, 0.15) is 5.52 Å². The average Bonchev–Trinajstić information content (AvgIpc) is 3.00. The van der Waals surface area contributed by atoms with Crippen molar-refractivity contribution < 1.29 is 4.79 Å². The molecule has 0 saturated carbocycles. The molecule has 0 saturated heterocycles. The Labute approximate surface area is 114 Å². The predicted molar refractivity (Wildman–Crippen MR) is 75.6 cm³/mol. The number of imidazole rings is 1. The second kappa shape index (κ2) is 4.93.